The van der Waals surface area contributed by atoms with Crippen LogP contribution in [0.4, 0.5) is 0 Å². The zero-order valence-corrected chi connectivity index (χ0v) is 11.4. The van der Waals surface area contributed by atoms with Crippen molar-refractivity contribution in [2.45, 2.75) is 39.0 Å². The molecule has 0 N–H and O–H groups in total. The van der Waals surface area contributed by atoms with Crippen LogP contribution in [0.1, 0.15) is 48.7 Å². The van der Waals surface area contributed by atoms with Crippen molar-refractivity contribution >= 4 is 17.1 Å². The van der Waals surface area contributed by atoms with Gasteiger partial charge in [0.25, 0.3) is 0 Å². The smallest absolute Gasteiger partial charge is 0.179 e. The number of methoxy groups -OCH3 is 1. The Morgan fingerprint density at radius 1 is 1.41 bits per heavy atom. The van der Waals surface area contributed by atoms with E-state index in [1.54, 1.807) is 7.11 Å². The van der Waals surface area contributed by atoms with E-state index in [9.17, 15) is 4.79 Å². The van der Waals surface area contributed by atoms with Crippen LogP contribution >= 0.6 is 11.3 Å². The van der Waals surface area contributed by atoms with Gasteiger partial charge in [0.2, 0.25) is 0 Å². The highest BCUT2D eigenvalue weighted by Crippen LogP contribution is 2.35. The van der Waals surface area contributed by atoms with Crippen molar-refractivity contribution in [1.82, 2.24) is 0 Å². The highest BCUT2D eigenvalue weighted by Gasteiger charge is 2.28. The molecule has 1 aliphatic carbocycles. The molecule has 1 aliphatic rings. The molecule has 94 valence electrons. The number of rotatable bonds is 4. The number of carbonyl (C=O) groups excluding carboxylic acids is 1. The standard InChI is InChI=1S/C14H20O2S/c1-3-10-4-6-11(7-5-10)13(15)14-12(16-2)8-9-17-14/h8-11H,3-7H2,1-2H3. The van der Waals surface area contributed by atoms with E-state index in [2.05, 4.69) is 6.92 Å². The van der Waals surface area contributed by atoms with E-state index in [4.69, 9.17) is 4.74 Å². The van der Waals surface area contributed by atoms with Crippen LogP contribution in [0.15, 0.2) is 11.4 Å². The molecule has 0 unspecified atom stereocenters. The highest BCUT2D eigenvalue weighted by atomic mass is 32.1. The van der Waals surface area contributed by atoms with Crippen molar-refractivity contribution in [1.29, 1.82) is 0 Å². The van der Waals surface area contributed by atoms with E-state index in [1.807, 2.05) is 11.4 Å². The summed E-state index contributed by atoms with van der Waals surface area (Å²) in [4.78, 5) is 13.2. The van der Waals surface area contributed by atoms with Crippen molar-refractivity contribution in [2.24, 2.45) is 11.8 Å². The topological polar surface area (TPSA) is 26.3 Å². The predicted octanol–water partition coefficient (Wildman–Crippen LogP) is 4.16. The molecule has 0 atom stereocenters. The minimum absolute atomic E-state index is 0.227. The Labute approximate surface area is 107 Å². The summed E-state index contributed by atoms with van der Waals surface area (Å²) in [5.41, 5.74) is 0. The summed E-state index contributed by atoms with van der Waals surface area (Å²) in [6.07, 6.45) is 5.78. The van der Waals surface area contributed by atoms with E-state index < -0.39 is 0 Å². The summed E-state index contributed by atoms with van der Waals surface area (Å²) in [6, 6.07) is 1.88. The fraction of sp³-hybridized carbons (Fsp3) is 0.643. The Kier molecular flexibility index (Phi) is 4.21. The van der Waals surface area contributed by atoms with Gasteiger partial charge in [-0.15, -0.1) is 11.3 Å². The fourth-order valence-corrected chi connectivity index (χ4v) is 3.53. The van der Waals surface area contributed by atoms with Gasteiger partial charge in [-0.1, -0.05) is 13.3 Å². The summed E-state index contributed by atoms with van der Waals surface area (Å²) in [7, 11) is 1.63. The van der Waals surface area contributed by atoms with E-state index in [-0.39, 0.29) is 5.92 Å². The van der Waals surface area contributed by atoms with Crippen LogP contribution in [0, 0.1) is 11.8 Å². The monoisotopic (exact) mass is 252 g/mol. The van der Waals surface area contributed by atoms with Crippen LogP contribution in [-0.4, -0.2) is 12.9 Å². The van der Waals surface area contributed by atoms with E-state index in [0.29, 0.717) is 5.78 Å². The fourth-order valence-electron chi connectivity index (χ4n) is 2.66. The minimum Gasteiger partial charge on any atom is -0.495 e. The van der Waals surface area contributed by atoms with Gasteiger partial charge in [0.05, 0.1) is 7.11 Å². The summed E-state index contributed by atoms with van der Waals surface area (Å²) in [5.74, 6) is 2.11. The van der Waals surface area contributed by atoms with Gasteiger partial charge in [0.15, 0.2) is 5.78 Å². The highest BCUT2D eigenvalue weighted by molar-refractivity contribution is 7.12. The third-order valence-electron chi connectivity index (χ3n) is 3.87. The van der Waals surface area contributed by atoms with Gasteiger partial charge in [0, 0.05) is 5.92 Å². The molecule has 0 spiro atoms. The lowest BCUT2D eigenvalue weighted by atomic mass is 9.79. The first-order valence-corrected chi connectivity index (χ1v) is 7.30. The normalized spacial score (nSPS) is 24.6. The zero-order valence-electron chi connectivity index (χ0n) is 10.6. The van der Waals surface area contributed by atoms with Gasteiger partial charge in [-0.25, -0.2) is 0 Å². The number of carbonyl (C=O) groups is 1. The van der Waals surface area contributed by atoms with Crippen molar-refractivity contribution in [2.75, 3.05) is 7.11 Å². The number of hydrogen-bond donors (Lipinski definition) is 0. The number of ether oxygens (including phenoxy) is 1. The molecule has 0 bridgehead atoms. The maximum Gasteiger partial charge on any atom is 0.179 e. The number of hydrogen-bond acceptors (Lipinski definition) is 3. The van der Waals surface area contributed by atoms with Gasteiger partial charge in [-0.2, -0.15) is 0 Å². The lowest BCUT2D eigenvalue weighted by Crippen LogP contribution is -2.21. The predicted molar refractivity (Wildman–Crippen MR) is 70.9 cm³/mol. The number of thiophene rings is 1. The maximum atomic E-state index is 12.4. The third kappa shape index (κ3) is 2.71. The summed E-state index contributed by atoms with van der Waals surface area (Å²) in [5, 5.41) is 1.93. The molecule has 0 aliphatic heterocycles. The van der Waals surface area contributed by atoms with Gasteiger partial charge in [-0.05, 0) is 43.0 Å². The number of ketones is 1. The van der Waals surface area contributed by atoms with Gasteiger partial charge >= 0.3 is 0 Å². The second kappa shape index (κ2) is 5.67. The lowest BCUT2D eigenvalue weighted by Gasteiger charge is -2.26. The molecule has 2 rings (SSSR count). The Hall–Kier alpha value is -0.830. The number of Topliss-reactive ketones (excluding diaryl/α,β-unsaturated/α-hetero) is 1. The average molecular weight is 252 g/mol. The lowest BCUT2D eigenvalue weighted by molar-refractivity contribution is 0.0872. The van der Waals surface area contributed by atoms with Gasteiger partial charge < -0.3 is 4.74 Å². The molecule has 1 heterocycles. The Morgan fingerprint density at radius 3 is 2.71 bits per heavy atom. The molecule has 0 saturated heterocycles. The molecule has 0 amide bonds. The molecule has 2 nitrogen and oxygen atoms in total. The Morgan fingerprint density at radius 2 is 2.12 bits per heavy atom. The van der Waals surface area contributed by atoms with Crippen molar-refractivity contribution < 1.29 is 9.53 Å². The summed E-state index contributed by atoms with van der Waals surface area (Å²) in [6.45, 7) is 2.25. The first-order chi connectivity index (χ1) is 8.26. The molecular weight excluding hydrogens is 232 g/mol. The van der Waals surface area contributed by atoms with Crippen molar-refractivity contribution in [3.05, 3.63) is 16.3 Å². The molecule has 17 heavy (non-hydrogen) atoms. The van der Waals surface area contributed by atoms with Crippen LogP contribution in [0.3, 0.4) is 0 Å². The van der Waals surface area contributed by atoms with E-state index in [1.165, 1.54) is 30.6 Å². The quantitative estimate of drug-likeness (QED) is 0.752. The molecule has 1 saturated carbocycles. The van der Waals surface area contributed by atoms with Crippen LogP contribution in [0.25, 0.3) is 0 Å². The molecule has 1 aromatic heterocycles. The van der Waals surface area contributed by atoms with Crippen LogP contribution in [0.2, 0.25) is 0 Å². The molecule has 1 aromatic rings. The zero-order chi connectivity index (χ0) is 12.3. The third-order valence-corrected chi connectivity index (χ3v) is 4.78. The van der Waals surface area contributed by atoms with Crippen molar-refractivity contribution in [3.63, 3.8) is 0 Å². The summed E-state index contributed by atoms with van der Waals surface area (Å²) >= 11 is 1.51. The molecule has 0 aromatic carbocycles. The van der Waals surface area contributed by atoms with Gasteiger partial charge in [0.1, 0.15) is 10.6 Å². The molecule has 0 radical (unpaired) electrons. The minimum atomic E-state index is 0.227. The SMILES string of the molecule is CCC1CCC(C(=O)c2sccc2OC)CC1. The maximum absolute atomic E-state index is 12.4. The van der Waals surface area contributed by atoms with E-state index >= 15 is 0 Å². The van der Waals surface area contributed by atoms with Crippen molar-refractivity contribution in [3.8, 4) is 5.75 Å². The molecule has 3 heteroatoms. The van der Waals surface area contributed by atoms with Crippen LogP contribution < -0.4 is 4.74 Å². The first-order valence-electron chi connectivity index (χ1n) is 6.42. The van der Waals surface area contributed by atoms with Gasteiger partial charge in [-0.3, -0.25) is 4.79 Å². The van der Waals surface area contributed by atoms with Crippen LogP contribution in [0.5, 0.6) is 5.75 Å². The largest absolute Gasteiger partial charge is 0.495 e. The van der Waals surface area contributed by atoms with E-state index in [0.717, 1.165) is 29.4 Å². The first kappa shape index (κ1) is 12.6. The second-order valence-electron chi connectivity index (χ2n) is 4.81. The Balaban J connectivity index is 2.02. The Bertz CT molecular complexity index is 375. The summed E-state index contributed by atoms with van der Waals surface area (Å²) < 4.78 is 5.23. The average Bonchev–Trinajstić information content (AvgIpc) is 2.86. The van der Waals surface area contributed by atoms with Crippen LogP contribution in [-0.2, 0) is 0 Å². The molecular formula is C14H20O2S. The molecule has 1 fully saturated rings. The second-order valence-corrected chi connectivity index (χ2v) is 5.72.